The SMILES string of the molecule is O=c1c(-c2cc(F)ccc2O)ccnn1C1CCCCO1. The van der Waals surface area contributed by atoms with Crippen LogP contribution in [0.4, 0.5) is 4.39 Å². The first-order valence-corrected chi connectivity index (χ1v) is 6.85. The Balaban J connectivity index is 2.08. The molecule has 110 valence electrons. The number of aromatic hydroxyl groups is 1. The van der Waals surface area contributed by atoms with Crippen molar-refractivity contribution < 1.29 is 14.2 Å². The summed E-state index contributed by atoms with van der Waals surface area (Å²) < 4.78 is 20.2. The van der Waals surface area contributed by atoms with Gasteiger partial charge in [-0.05, 0) is 43.5 Å². The van der Waals surface area contributed by atoms with Crippen molar-refractivity contribution in [3.8, 4) is 16.9 Å². The molecular weight excluding hydrogens is 275 g/mol. The molecule has 1 aliphatic heterocycles. The molecule has 2 aromatic rings. The fraction of sp³-hybridized carbons (Fsp3) is 0.333. The molecule has 1 aromatic heterocycles. The Morgan fingerprint density at radius 1 is 1.29 bits per heavy atom. The van der Waals surface area contributed by atoms with Crippen LogP contribution in [0, 0.1) is 5.82 Å². The lowest BCUT2D eigenvalue weighted by Gasteiger charge is -2.23. The zero-order valence-corrected chi connectivity index (χ0v) is 11.3. The van der Waals surface area contributed by atoms with Crippen LogP contribution in [-0.4, -0.2) is 21.5 Å². The Morgan fingerprint density at radius 2 is 2.14 bits per heavy atom. The van der Waals surface area contributed by atoms with Crippen molar-refractivity contribution in [2.75, 3.05) is 6.61 Å². The van der Waals surface area contributed by atoms with Crippen molar-refractivity contribution in [3.05, 3.63) is 46.6 Å². The minimum atomic E-state index is -0.514. The van der Waals surface area contributed by atoms with Gasteiger partial charge in [0.1, 0.15) is 11.6 Å². The lowest BCUT2D eigenvalue weighted by Crippen LogP contribution is -2.31. The molecule has 1 atom stereocenters. The second kappa shape index (κ2) is 5.65. The lowest BCUT2D eigenvalue weighted by atomic mass is 10.1. The largest absolute Gasteiger partial charge is 0.507 e. The molecule has 6 heteroatoms. The molecule has 0 amide bonds. The van der Waals surface area contributed by atoms with Crippen molar-refractivity contribution in [1.29, 1.82) is 0 Å². The van der Waals surface area contributed by atoms with Gasteiger partial charge in [0.05, 0.1) is 5.56 Å². The number of hydrogen-bond donors (Lipinski definition) is 1. The minimum absolute atomic E-state index is 0.143. The van der Waals surface area contributed by atoms with Gasteiger partial charge in [-0.3, -0.25) is 4.79 Å². The van der Waals surface area contributed by atoms with E-state index >= 15 is 0 Å². The Hall–Kier alpha value is -2.21. The lowest BCUT2D eigenvalue weighted by molar-refractivity contribution is -0.0423. The van der Waals surface area contributed by atoms with Crippen LogP contribution in [0.1, 0.15) is 25.5 Å². The number of phenolic OH excluding ortho intramolecular Hbond substituents is 1. The van der Waals surface area contributed by atoms with Crippen LogP contribution in [0.25, 0.3) is 11.1 Å². The van der Waals surface area contributed by atoms with Gasteiger partial charge in [0.15, 0.2) is 6.23 Å². The highest BCUT2D eigenvalue weighted by Gasteiger charge is 2.20. The van der Waals surface area contributed by atoms with E-state index in [0.717, 1.165) is 25.0 Å². The van der Waals surface area contributed by atoms with Gasteiger partial charge in [-0.25, -0.2) is 9.07 Å². The highest BCUT2D eigenvalue weighted by Crippen LogP contribution is 2.28. The highest BCUT2D eigenvalue weighted by molar-refractivity contribution is 5.68. The summed E-state index contributed by atoms with van der Waals surface area (Å²) >= 11 is 0. The van der Waals surface area contributed by atoms with E-state index in [1.165, 1.54) is 23.0 Å². The second-order valence-electron chi connectivity index (χ2n) is 4.98. The fourth-order valence-corrected chi connectivity index (χ4v) is 2.48. The second-order valence-corrected chi connectivity index (χ2v) is 4.98. The van der Waals surface area contributed by atoms with Crippen molar-refractivity contribution in [2.45, 2.75) is 25.5 Å². The van der Waals surface area contributed by atoms with Crippen LogP contribution in [0.15, 0.2) is 35.3 Å². The van der Waals surface area contributed by atoms with Gasteiger partial charge in [0, 0.05) is 18.4 Å². The van der Waals surface area contributed by atoms with Crippen LogP contribution < -0.4 is 5.56 Å². The smallest absolute Gasteiger partial charge is 0.277 e. The van der Waals surface area contributed by atoms with Gasteiger partial charge < -0.3 is 9.84 Å². The third kappa shape index (κ3) is 2.67. The maximum atomic E-state index is 13.4. The molecule has 3 rings (SSSR count). The van der Waals surface area contributed by atoms with Crippen LogP contribution in [0.3, 0.4) is 0 Å². The monoisotopic (exact) mass is 290 g/mol. The van der Waals surface area contributed by atoms with Crippen LogP contribution >= 0.6 is 0 Å². The topological polar surface area (TPSA) is 64.3 Å². The van der Waals surface area contributed by atoms with E-state index in [-0.39, 0.29) is 16.9 Å². The fourth-order valence-electron chi connectivity index (χ4n) is 2.48. The molecule has 0 aliphatic carbocycles. The predicted molar refractivity (Wildman–Crippen MR) is 74.4 cm³/mol. The minimum Gasteiger partial charge on any atom is -0.507 e. The zero-order chi connectivity index (χ0) is 14.8. The summed E-state index contributed by atoms with van der Waals surface area (Å²) in [7, 11) is 0. The van der Waals surface area contributed by atoms with E-state index in [1.807, 2.05) is 0 Å². The standard InChI is InChI=1S/C15H15FN2O3/c16-10-4-5-13(19)12(9-10)11-6-7-17-18(15(11)20)14-3-1-2-8-21-14/h4-7,9,14,19H,1-3,8H2. The molecule has 0 bridgehead atoms. The molecular formula is C15H15FN2O3. The van der Waals surface area contributed by atoms with E-state index in [1.54, 1.807) is 0 Å². The number of rotatable bonds is 2. The van der Waals surface area contributed by atoms with E-state index in [9.17, 15) is 14.3 Å². The van der Waals surface area contributed by atoms with Gasteiger partial charge >= 0.3 is 0 Å². The number of halogens is 1. The molecule has 1 saturated heterocycles. The van der Waals surface area contributed by atoms with E-state index in [0.29, 0.717) is 13.0 Å². The van der Waals surface area contributed by atoms with Gasteiger partial charge in [-0.2, -0.15) is 5.10 Å². The van der Waals surface area contributed by atoms with Crippen molar-refractivity contribution >= 4 is 0 Å². The van der Waals surface area contributed by atoms with E-state index < -0.39 is 17.6 Å². The maximum Gasteiger partial charge on any atom is 0.277 e. The average Bonchev–Trinajstić information content (AvgIpc) is 2.51. The van der Waals surface area contributed by atoms with Gasteiger partial charge in [0.2, 0.25) is 0 Å². The molecule has 2 heterocycles. The summed E-state index contributed by atoms with van der Waals surface area (Å²) in [6.07, 6.45) is 3.70. The normalized spacial score (nSPS) is 18.6. The summed E-state index contributed by atoms with van der Waals surface area (Å²) in [6, 6.07) is 4.98. The van der Waals surface area contributed by atoms with Gasteiger partial charge in [-0.15, -0.1) is 0 Å². The molecule has 1 aromatic carbocycles. The number of phenols is 1. The van der Waals surface area contributed by atoms with Crippen LogP contribution in [0.5, 0.6) is 5.75 Å². The zero-order valence-electron chi connectivity index (χ0n) is 11.3. The van der Waals surface area contributed by atoms with Crippen LogP contribution in [-0.2, 0) is 4.74 Å². The molecule has 0 spiro atoms. The van der Waals surface area contributed by atoms with Crippen molar-refractivity contribution in [3.63, 3.8) is 0 Å². The summed E-state index contributed by atoms with van der Waals surface area (Å²) in [5.74, 6) is -0.657. The third-order valence-electron chi connectivity index (χ3n) is 3.55. The van der Waals surface area contributed by atoms with Gasteiger partial charge in [-0.1, -0.05) is 0 Å². The number of benzene rings is 1. The molecule has 21 heavy (non-hydrogen) atoms. The molecule has 1 unspecified atom stereocenters. The Labute approximate surface area is 120 Å². The van der Waals surface area contributed by atoms with Crippen molar-refractivity contribution in [1.82, 2.24) is 9.78 Å². The average molecular weight is 290 g/mol. The predicted octanol–water partition coefficient (Wildman–Crippen LogP) is 2.45. The molecule has 1 fully saturated rings. The van der Waals surface area contributed by atoms with Gasteiger partial charge in [0.25, 0.3) is 5.56 Å². The first kappa shape index (κ1) is 13.8. The van der Waals surface area contributed by atoms with Crippen molar-refractivity contribution in [2.24, 2.45) is 0 Å². The summed E-state index contributed by atoms with van der Waals surface area (Å²) in [4.78, 5) is 12.5. The third-order valence-corrected chi connectivity index (χ3v) is 3.55. The summed E-state index contributed by atoms with van der Waals surface area (Å²) in [6.45, 7) is 0.591. The summed E-state index contributed by atoms with van der Waals surface area (Å²) in [5, 5.41) is 13.9. The molecule has 0 saturated carbocycles. The summed E-state index contributed by atoms with van der Waals surface area (Å²) in [5.41, 5.74) is -0.0339. The van der Waals surface area contributed by atoms with E-state index in [4.69, 9.17) is 4.74 Å². The molecule has 1 aliphatic rings. The highest BCUT2D eigenvalue weighted by atomic mass is 19.1. The Morgan fingerprint density at radius 3 is 2.90 bits per heavy atom. The maximum absolute atomic E-state index is 13.4. The Kier molecular flexibility index (Phi) is 3.70. The molecule has 1 N–H and O–H groups in total. The number of aromatic nitrogens is 2. The number of hydrogen-bond acceptors (Lipinski definition) is 4. The Bertz CT molecular complexity index is 708. The number of ether oxygens (including phenoxy) is 1. The first-order valence-electron chi connectivity index (χ1n) is 6.85. The molecule has 0 radical (unpaired) electrons. The van der Waals surface area contributed by atoms with Crippen LogP contribution in [0.2, 0.25) is 0 Å². The van der Waals surface area contributed by atoms with E-state index in [2.05, 4.69) is 5.10 Å². The number of nitrogens with zero attached hydrogens (tertiary/aromatic N) is 2. The quantitative estimate of drug-likeness (QED) is 0.922. The first-order chi connectivity index (χ1) is 10.2. The molecule has 5 nitrogen and oxygen atoms in total.